The third kappa shape index (κ3) is 1.78. The lowest BCUT2D eigenvalue weighted by Gasteiger charge is -2.13. The standard InChI is InChI=1S/C9H13ClN2/c1-6-3-2-4-7(10)9(6)8(12)5-11/h2-4,8H,5,11-12H2,1H3. The van der Waals surface area contributed by atoms with Crippen molar-refractivity contribution in [3.63, 3.8) is 0 Å². The zero-order chi connectivity index (χ0) is 9.14. The number of nitrogens with two attached hydrogens (primary N) is 2. The smallest absolute Gasteiger partial charge is 0.0456 e. The Morgan fingerprint density at radius 2 is 2.17 bits per heavy atom. The second-order valence-corrected chi connectivity index (χ2v) is 3.22. The van der Waals surface area contributed by atoms with E-state index in [9.17, 15) is 0 Å². The average Bonchev–Trinajstić information content (AvgIpc) is 2.03. The van der Waals surface area contributed by atoms with E-state index in [-0.39, 0.29) is 6.04 Å². The van der Waals surface area contributed by atoms with Crippen LogP contribution in [0.2, 0.25) is 5.02 Å². The van der Waals surface area contributed by atoms with Gasteiger partial charge in [0.05, 0.1) is 0 Å². The summed E-state index contributed by atoms with van der Waals surface area (Å²) in [5, 5.41) is 0.702. The minimum absolute atomic E-state index is 0.154. The van der Waals surface area contributed by atoms with E-state index in [1.54, 1.807) is 0 Å². The van der Waals surface area contributed by atoms with Crippen LogP contribution in [0, 0.1) is 6.92 Å². The van der Waals surface area contributed by atoms with Crippen molar-refractivity contribution in [1.82, 2.24) is 0 Å². The van der Waals surface area contributed by atoms with Crippen molar-refractivity contribution in [2.75, 3.05) is 6.54 Å². The molecule has 4 N–H and O–H groups in total. The van der Waals surface area contributed by atoms with Gasteiger partial charge in [0, 0.05) is 17.6 Å². The van der Waals surface area contributed by atoms with E-state index >= 15 is 0 Å². The molecule has 0 spiro atoms. The molecule has 0 heterocycles. The van der Waals surface area contributed by atoms with Gasteiger partial charge in [0.2, 0.25) is 0 Å². The summed E-state index contributed by atoms with van der Waals surface area (Å²) in [7, 11) is 0. The van der Waals surface area contributed by atoms with Gasteiger partial charge in [-0.05, 0) is 24.1 Å². The van der Waals surface area contributed by atoms with Gasteiger partial charge in [-0.1, -0.05) is 23.7 Å². The van der Waals surface area contributed by atoms with Crippen LogP contribution in [0.15, 0.2) is 18.2 Å². The summed E-state index contributed by atoms with van der Waals surface area (Å²) in [6, 6.07) is 5.57. The van der Waals surface area contributed by atoms with Crippen LogP contribution in [0.3, 0.4) is 0 Å². The van der Waals surface area contributed by atoms with E-state index < -0.39 is 0 Å². The number of rotatable bonds is 2. The van der Waals surface area contributed by atoms with Crippen molar-refractivity contribution in [2.45, 2.75) is 13.0 Å². The predicted molar refractivity (Wildman–Crippen MR) is 52.2 cm³/mol. The first-order chi connectivity index (χ1) is 5.66. The van der Waals surface area contributed by atoms with Crippen LogP contribution in [0.5, 0.6) is 0 Å². The first kappa shape index (κ1) is 9.52. The number of aryl methyl sites for hydroxylation is 1. The maximum absolute atomic E-state index is 5.97. The minimum atomic E-state index is -0.154. The van der Waals surface area contributed by atoms with Crippen molar-refractivity contribution in [3.8, 4) is 0 Å². The van der Waals surface area contributed by atoms with Gasteiger partial charge in [-0.25, -0.2) is 0 Å². The van der Waals surface area contributed by atoms with E-state index in [1.807, 2.05) is 25.1 Å². The van der Waals surface area contributed by atoms with Crippen LogP contribution >= 0.6 is 11.6 Å². The fourth-order valence-corrected chi connectivity index (χ4v) is 1.59. The highest BCUT2D eigenvalue weighted by Gasteiger charge is 2.10. The normalized spacial score (nSPS) is 13.0. The summed E-state index contributed by atoms with van der Waals surface area (Å²) >= 11 is 5.97. The molecular formula is C9H13ClN2. The van der Waals surface area contributed by atoms with Gasteiger partial charge < -0.3 is 11.5 Å². The van der Waals surface area contributed by atoms with Crippen LogP contribution in [0.4, 0.5) is 0 Å². The van der Waals surface area contributed by atoms with Gasteiger partial charge >= 0.3 is 0 Å². The maximum atomic E-state index is 5.97. The largest absolute Gasteiger partial charge is 0.329 e. The molecule has 0 amide bonds. The number of hydrogen-bond donors (Lipinski definition) is 2. The fraction of sp³-hybridized carbons (Fsp3) is 0.333. The van der Waals surface area contributed by atoms with E-state index in [2.05, 4.69) is 0 Å². The van der Waals surface area contributed by atoms with Gasteiger partial charge in [0.15, 0.2) is 0 Å². The molecule has 66 valence electrons. The SMILES string of the molecule is Cc1cccc(Cl)c1C(N)CN. The highest BCUT2D eigenvalue weighted by molar-refractivity contribution is 6.31. The average molecular weight is 185 g/mol. The first-order valence-electron chi connectivity index (χ1n) is 3.87. The van der Waals surface area contributed by atoms with Gasteiger partial charge in [-0.3, -0.25) is 0 Å². The lowest BCUT2D eigenvalue weighted by atomic mass is 10.0. The molecule has 3 heteroatoms. The minimum Gasteiger partial charge on any atom is -0.329 e. The molecule has 0 aromatic heterocycles. The lowest BCUT2D eigenvalue weighted by Crippen LogP contribution is -2.21. The Morgan fingerprint density at radius 3 is 2.67 bits per heavy atom. The Morgan fingerprint density at radius 1 is 1.50 bits per heavy atom. The molecule has 0 aliphatic carbocycles. The highest BCUT2D eigenvalue weighted by atomic mass is 35.5. The van der Waals surface area contributed by atoms with Crippen molar-refractivity contribution < 1.29 is 0 Å². The van der Waals surface area contributed by atoms with Crippen LogP contribution < -0.4 is 11.5 Å². The molecule has 1 aromatic carbocycles. The molecule has 0 radical (unpaired) electrons. The zero-order valence-corrected chi connectivity index (χ0v) is 7.81. The van der Waals surface area contributed by atoms with Gasteiger partial charge in [-0.2, -0.15) is 0 Å². The lowest BCUT2D eigenvalue weighted by molar-refractivity contribution is 0.732. The molecule has 0 saturated carbocycles. The molecule has 1 unspecified atom stereocenters. The summed E-state index contributed by atoms with van der Waals surface area (Å²) in [6.07, 6.45) is 0. The topological polar surface area (TPSA) is 52.0 Å². The van der Waals surface area contributed by atoms with Crippen molar-refractivity contribution in [2.24, 2.45) is 11.5 Å². The van der Waals surface area contributed by atoms with Crippen LogP contribution in [0.1, 0.15) is 17.2 Å². The zero-order valence-electron chi connectivity index (χ0n) is 7.05. The second kappa shape index (κ2) is 3.90. The Labute approximate surface area is 77.5 Å². The Balaban J connectivity index is 3.12. The molecule has 0 bridgehead atoms. The highest BCUT2D eigenvalue weighted by Crippen LogP contribution is 2.23. The van der Waals surface area contributed by atoms with Crippen molar-refractivity contribution in [3.05, 3.63) is 34.3 Å². The Kier molecular flexibility index (Phi) is 3.09. The number of hydrogen-bond acceptors (Lipinski definition) is 2. The van der Waals surface area contributed by atoms with E-state index in [0.717, 1.165) is 11.1 Å². The Hall–Kier alpha value is -0.570. The van der Waals surface area contributed by atoms with Gasteiger partial charge in [-0.15, -0.1) is 0 Å². The number of benzene rings is 1. The van der Waals surface area contributed by atoms with Crippen LogP contribution in [-0.4, -0.2) is 6.54 Å². The molecule has 1 aromatic rings. The predicted octanol–water partition coefficient (Wildman–Crippen LogP) is 1.61. The van der Waals surface area contributed by atoms with Gasteiger partial charge in [0.1, 0.15) is 0 Å². The van der Waals surface area contributed by atoms with Crippen molar-refractivity contribution in [1.29, 1.82) is 0 Å². The molecule has 12 heavy (non-hydrogen) atoms. The summed E-state index contributed by atoms with van der Waals surface area (Å²) in [5.41, 5.74) is 13.3. The van der Waals surface area contributed by atoms with Crippen LogP contribution in [-0.2, 0) is 0 Å². The van der Waals surface area contributed by atoms with Gasteiger partial charge in [0.25, 0.3) is 0 Å². The summed E-state index contributed by atoms with van der Waals surface area (Å²) in [5.74, 6) is 0. The molecule has 0 aliphatic rings. The Bertz CT molecular complexity index is 253. The van der Waals surface area contributed by atoms with Crippen molar-refractivity contribution >= 4 is 11.6 Å². The quantitative estimate of drug-likeness (QED) is 0.734. The van der Waals surface area contributed by atoms with E-state index in [1.165, 1.54) is 0 Å². The monoisotopic (exact) mass is 184 g/mol. The van der Waals surface area contributed by atoms with Crippen LogP contribution in [0.25, 0.3) is 0 Å². The molecule has 1 rings (SSSR count). The summed E-state index contributed by atoms with van der Waals surface area (Å²) in [4.78, 5) is 0. The fourth-order valence-electron chi connectivity index (χ4n) is 1.23. The first-order valence-corrected chi connectivity index (χ1v) is 4.25. The molecular weight excluding hydrogens is 172 g/mol. The summed E-state index contributed by atoms with van der Waals surface area (Å²) < 4.78 is 0. The van der Waals surface area contributed by atoms with E-state index in [0.29, 0.717) is 11.6 Å². The number of halogens is 1. The maximum Gasteiger partial charge on any atom is 0.0456 e. The molecule has 1 atom stereocenters. The molecule has 0 fully saturated rings. The second-order valence-electron chi connectivity index (χ2n) is 2.81. The third-order valence-electron chi connectivity index (χ3n) is 1.90. The summed E-state index contributed by atoms with van der Waals surface area (Å²) in [6.45, 7) is 2.40. The molecule has 0 saturated heterocycles. The molecule has 0 aliphatic heterocycles. The van der Waals surface area contributed by atoms with E-state index in [4.69, 9.17) is 23.1 Å². The third-order valence-corrected chi connectivity index (χ3v) is 2.23. The molecule has 2 nitrogen and oxygen atoms in total.